The molecule has 5 nitrogen and oxygen atoms in total. The molecule has 1 aromatic carbocycles. The third kappa shape index (κ3) is 3.90. The number of hydrogen-bond acceptors (Lipinski definition) is 4. The molecule has 0 aliphatic heterocycles. The van der Waals surface area contributed by atoms with E-state index in [0.29, 0.717) is 0 Å². The number of likely N-dealkylation sites (N-methyl/N-ethyl adjacent to an activating group) is 1. The van der Waals surface area contributed by atoms with Crippen LogP contribution in [0.3, 0.4) is 0 Å². The summed E-state index contributed by atoms with van der Waals surface area (Å²) in [5.41, 5.74) is 0.384. The molecule has 1 aromatic rings. The first-order chi connectivity index (χ1) is 9.01. The summed E-state index contributed by atoms with van der Waals surface area (Å²) in [6.45, 7) is 0.256. The van der Waals surface area contributed by atoms with Gasteiger partial charge in [-0.15, -0.1) is 0 Å². The Hall–Kier alpha value is -1.66. The number of amides is 1. The van der Waals surface area contributed by atoms with Crippen molar-refractivity contribution in [2.45, 2.75) is 6.10 Å². The first kappa shape index (κ1) is 15.4. The smallest absolute Gasteiger partial charge is 0.255 e. The highest BCUT2D eigenvalue weighted by atomic mass is 19.1. The van der Waals surface area contributed by atoms with Gasteiger partial charge in [0.1, 0.15) is 5.82 Å². The standard InChI is InChI=1S/C13H19FN2O3/c1-15-12-10(5-4-6-11(12)14)13(18)16(2)7-9(17)8-19-3/h4-6,9,15,17H,7-8H2,1-3H3. The van der Waals surface area contributed by atoms with Gasteiger partial charge < -0.3 is 20.1 Å². The third-order valence-corrected chi connectivity index (χ3v) is 2.68. The summed E-state index contributed by atoms with van der Waals surface area (Å²) in [5.74, 6) is -0.849. The number of rotatable bonds is 6. The highest BCUT2D eigenvalue weighted by Gasteiger charge is 2.19. The zero-order chi connectivity index (χ0) is 14.4. The molecule has 0 fully saturated rings. The van der Waals surface area contributed by atoms with E-state index in [2.05, 4.69) is 5.32 Å². The Labute approximate surface area is 112 Å². The van der Waals surface area contributed by atoms with Crippen LogP contribution in [0.1, 0.15) is 10.4 Å². The fourth-order valence-corrected chi connectivity index (χ4v) is 1.81. The van der Waals surface area contributed by atoms with Crippen molar-refractivity contribution in [3.8, 4) is 0 Å². The average Bonchev–Trinajstić information content (AvgIpc) is 2.37. The molecular weight excluding hydrogens is 251 g/mol. The Balaban J connectivity index is 2.85. The SMILES string of the molecule is CNc1c(F)cccc1C(=O)N(C)CC(O)COC. The molecule has 0 saturated carbocycles. The van der Waals surface area contributed by atoms with Crippen LogP contribution in [0.25, 0.3) is 0 Å². The van der Waals surface area contributed by atoms with Gasteiger partial charge in [0.25, 0.3) is 5.91 Å². The minimum absolute atomic E-state index is 0.117. The summed E-state index contributed by atoms with van der Waals surface area (Å²) < 4.78 is 18.3. The Bertz CT molecular complexity index is 440. The van der Waals surface area contributed by atoms with E-state index >= 15 is 0 Å². The minimum Gasteiger partial charge on any atom is -0.389 e. The van der Waals surface area contributed by atoms with Crippen LogP contribution in [0.15, 0.2) is 18.2 Å². The number of para-hydroxylation sites is 1. The largest absolute Gasteiger partial charge is 0.389 e. The molecule has 0 radical (unpaired) electrons. The lowest BCUT2D eigenvalue weighted by atomic mass is 10.1. The molecule has 0 aliphatic carbocycles. The van der Waals surface area contributed by atoms with E-state index < -0.39 is 11.9 Å². The zero-order valence-corrected chi connectivity index (χ0v) is 11.3. The van der Waals surface area contributed by atoms with Crippen molar-refractivity contribution in [3.63, 3.8) is 0 Å². The second-order valence-corrected chi connectivity index (χ2v) is 4.21. The van der Waals surface area contributed by atoms with E-state index in [-0.39, 0.29) is 30.3 Å². The first-order valence-corrected chi connectivity index (χ1v) is 5.90. The lowest BCUT2D eigenvalue weighted by molar-refractivity contribution is 0.0380. The van der Waals surface area contributed by atoms with E-state index in [4.69, 9.17) is 4.74 Å². The molecule has 0 saturated heterocycles. The number of hydrogen-bond donors (Lipinski definition) is 2. The summed E-state index contributed by atoms with van der Waals surface area (Å²) in [6.07, 6.45) is -0.773. The number of aliphatic hydroxyl groups excluding tert-OH is 1. The van der Waals surface area contributed by atoms with E-state index in [1.807, 2.05) is 0 Å². The van der Waals surface area contributed by atoms with E-state index in [1.165, 1.54) is 30.2 Å². The van der Waals surface area contributed by atoms with Crippen LogP contribution in [-0.4, -0.2) is 56.4 Å². The Kier molecular flexibility index (Phi) is 5.72. The maximum Gasteiger partial charge on any atom is 0.255 e. The fourth-order valence-electron chi connectivity index (χ4n) is 1.81. The van der Waals surface area contributed by atoms with Gasteiger partial charge in [-0.2, -0.15) is 0 Å². The third-order valence-electron chi connectivity index (χ3n) is 2.68. The summed E-state index contributed by atoms with van der Waals surface area (Å²) in [7, 11) is 4.57. The van der Waals surface area contributed by atoms with Gasteiger partial charge in [0.05, 0.1) is 24.0 Å². The van der Waals surface area contributed by atoms with Crippen LogP contribution >= 0.6 is 0 Å². The molecule has 106 valence electrons. The van der Waals surface area contributed by atoms with Crippen molar-refractivity contribution in [2.75, 3.05) is 39.7 Å². The number of methoxy groups -OCH3 is 1. The molecular formula is C13H19FN2O3. The van der Waals surface area contributed by atoms with Crippen LogP contribution < -0.4 is 5.32 Å². The second kappa shape index (κ2) is 7.06. The van der Waals surface area contributed by atoms with Crippen LogP contribution in [0.4, 0.5) is 10.1 Å². The van der Waals surface area contributed by atoms with Crippen LogP contribution in [0, 0.1) is 5.82 Å². The van der Waals surface area contributed by atoms with Gasteiger partial charge in [-0.25, -0.2) is 4.39 Å². The maximum absolute atomic E-state index is 13.6. The van der Waals surface area contributed by atoms with Crippen molar-refractivity contribution in [2.24, 2.45) is 0 Å². The van der Waals surface area contributed by atoms with Gasteiger partial charge in [-0.3, -0.25) is 4.79 Å². The van der Waals surface area contributed by atoms with Crippen molar-refractivity contribution in [3.05, 3.63) is 29.6 Å². The molecule has 1 atom stereocenters. The molecule has 0 aliphatic rings. The summed E-state index contributed by atoms with van der Waals surface area (Å²) in [4.78, 5) is 13.5. The lowest BCUT2D eigenvalue weighted by Gasteiger charge is -2.21. The number of carbonyl (C=O) groups excluding carboxylic acids is 1. The van der Waals surface area contributed by atoms with Gasteiger partial charge in [0.2, 0.25) is 0 Å². The number of benzene rings is 1. The molecule has 0 heterocycles. The number of nitrogens with one attached hydrogen (secondary N) is 1. The number of nitrogens with zero attached hydrogens (tertiary/aromatic N) is 1. The number of halogens is 1. The van der Waals surface area contributed by atoms with Crippen LogP contribution in [-0.2, 0) is 4.74 Å². The van der Waals surface area contributed by atoms with Crippen molar-refractivity contribution >= 4 is 11.6 Å². The van der Waals surface area contributed by atoms with Crippen LogP contribution in [0.5, 0.6) is 0 Å². The molecule has 6 heteroatoms. The fraction of sp³-hybridized carbons (Fsp3) is 0.462. The number of anilines is 1. The first-order valence-electron chi connectivity index (χ1n) is 5.90. The van der Waals surface area contributed by atoms with Gasteiger partial charge in [0.15, 0.2) is 0 Å². The molecule has 0 bridgehead atoms. The Morgan fingerprint density at radius 3 is 2.84 bits per heavy atom. The number of aliphatic hydroxyl groups is 1. The normalized spacial score (nSPS) is 12.1. The van der Waals surface area contributed by atoms with Crippen molar-refractivity contribution < 1.29 is 19.0 Å². The van der Waals surface area contributed by atoms with E-state index in [1.54, 1.807) is 14.1 Å². The molecule has 1 amide bonds. The highest BCUT2D eigenvalue weighted by molar-refractivity contribution is 5.99. The Morgan fingerprint density at radius 1 is 1.58 bits per heavy atom. The number of ether oxygens (including phenoxy) is 1. The second-order valence-electron chi connectivity index (χ2n) is 4.21. The minimum atomic E-state index is -0.773. The predicted octanol–water partition coefficient (Wildman–Crippen LogP) is 0.947. The van der Waals surface area contributed by atoms with Gasteiger partial charge in [0, 0.05) is 27.7 Å². The summed E-state index contributed by atoms with van der Waals surface area (Å²) in [6, 6.07) is 4.29. The molecule has 19 heavy (non-hydrogen) atoms. The van der Waals surface area contributed by atoms with Crippen LogP contribution in [0.2, 0.25) is 0 Å². The average molecular weight is 270 g/mol. The predicted molar refractivity (Wildman–Crippen MR) is 70.8 cm³/mol. The number of carbonyl (C=O) groups is 1. The lowest BCUT2D eigenvalue weighted by Crippen LogP contribution is -2.36. The Morgan fingerprint density at radius 2 is 2.26 bits per heavy atom. The maximum atomic E-state index is 13.6. The van der Waals surface area contributed by atoms with E-state index in [9.17, 15) is 14.3 Å². The summed E-state index contributed by atoms with van der Waals surface area (Å²) >= 11 is 0. The van der Waals surface area contributed by atoms with Crippen molar-refractivity contribution in [1.29, 1.82) is 0 Å². The highest BCUT2D eigenvalue weighted by Crippen LogP contribution is 2.20. The zero-order valence-electron chi connectivity index (χ0n) is 11.3. The summed E-state index contributed by atoms with van der Waals surface area (Å²) in [5, 5.41) is 12.3. The molecule has 1 rings (SSSR count). The topological polar surface area (TPSA) is 61.8 Å². The van der Waals surface area contributed by atoms with Gasteiger partial charge in [-0.1, -0.05) is 6.07 Å². The monoisotopic (exact) mass is 270 g/mol. The molecule has 1 unspecified atom stereocenters. The van der Waals surface area contributed by atoms with Crippen molar-refractivity contribution in [1.82, 2.24) is 4.90 Å². The van der Waals surface area contributed by atoms with Gasteiger partial charge >= 0.3 is 0 Å². The van der Waals surface area contributed by atoms with Gasteiger partial charge in [-0.05, 0) is 12.1 Å². The van der Waals surface area contributed by atoms with E-state index in [0.717, 1.165) is 0 Å². The molecule has 0 spiro atoms. The molecule has 2 N–H and O–H groups in total. The quantitative estimate of drug-likeness (QED) is 0.808. The molecule has 0 aromatic heterocycles.